The molecule has 0 radical (unpaired) electrons. The van der Waals surface area contributed by atoms with Crippen molar-refractivity contribution in [3.8, 4) is 0 Å². The van der Waals surface area contributed by atoms with Gasteiger partial charge in [-0.2, -0.15) is 0 Å². The van der Waals surface area contributed by atoms with Gasteiger partial charge < -0.3 is 5.73 Å². The number of hydrogen-bond donors (Lipinski definition) is 1. The lowest BCUT2D eigenvalue weighted by atomic mass is 10.1. The number of rotatable bonds is 1. The van der Waals surface area contributed by atoms with Gasteiger partial charge in [0.25, 0.3) is 0 Å². The number of halogens is 5. The zero-order valence-electron chi connectivity index (χ0n) is 8.17. The first-order valence-corrected chi connectivity index (χ1v) is 3.90. The normalized spacial score (nSPS) is 9.60. The molecule has 0 amide bonds. The van der Waals surface area contributed by atoms with Gasteiger partial charge in [-0.3, -0.25) is 4.39 Å². The lowest BCUT2D eigenvalue weighted by Gasteiger charge is -2.07. The molecule has 6 heteroatoms. The van der Waals surface area contributed by atoms with Crippen LogP contribution in [0.1, 0.15) is 11.1 Å². The molecule has 0 bridgehead atoms. The fourth-order valence-corrected chi connectivity index (χ4v) is 0.992. The maximum absolute atomic E-state index is 13.0. The van der Waals surface area contributed by atoms with Gasteiger partial charge >= 0.3 is 0 Å². The summed E-state index contributed by atoms with van der Waals surface area (Å²) in [6.07, 6.45) is 0. The fraction of sp³-hybridized carbons (Fsp3) is 0.333. The minimum absolute atomic E-state index is 0.500. The van der Waals surface area contributed by atoms with Crippen molar-refractivity contribution in [2.75, 3.05) is 7.18 Å². The maximum Gasteiger partial charge on any atom is 0.195 e. The van der Waals surface area contributed by atoms with Gasteiger partial charge in [-0.25, -0.2) is 17.6 Å². The minimum atomic E-state index is -1.68. The highest BCUT2D eigenvalue weighted by Gasteiger charge is 2.21. The third-order valence-corrected chi connectivity index (χ3v) is 1.78. The van der Waals surface area contributed by atoms with Crippen molar-refractivity contribution in [1.82, 2.24) is 0 Å². The summed E-state index contributed by atoms with van der Waals surface area (Å²) in [5.74, 6) is -5.87. The predicted octanol–water partition coefficient (Wildman–Crippen LogP) is 2.60. The van der Waals surface area contributed by atoms with E-state index in [4.69, 9.17) is 5.73 Å². The van der Waals surface area contributed by atoms with Crippen LogP contribution in [0.4, 0.5) is 22.0 Å². The van der Waals surface area contributed by atoms with E-state index in [1.165, 1.54) is 0 Å². The van der Waals surface area contributed by atoms with Crippen molar-refractivity contribution in [3.05, 3.63) is 34.4 Å². The van der Waals surface area contributed by atoms with Crippen molar-refractivity contribution >= 4 is 0 Å². The first kappa shape index (κ1) is 13.8. The van der Waals surface area contributed by atoms with E-state index in [1.54, 1.807) is 0 Å². The minimum Gasteiger partial charge on any atom is -0.326 e. The number of alkyl halides is 1. The van der Waals surface area contributed by atoms with Crippen molar-refractivity contribution in [3.63, 3.8) is 0 Å². The van der Waals surface area contributed by atoms with Gasteiger partial charge in [0.2, 0.25) is 0 Å². The second-order valence-corrected chi connectivity index (χ2v) is 2.56. The van der Waals surface area contributed by atoms with Crippen molar-refractivity contribution < 1.29 is 22.0 Å². The molecule has 1 rings (SSSR count). The van der Waals surface area contributed by atoms with Crippen molar-refractivity contribution in [2.45, 2.75) is 13.5 Å². The first-order valence-electron chi connectivity index (χ1n) is 3.90. The Balaban J connectivity index is 0.000000921. The van der Waals surface area contributed by atoms with E-state index in [2.05, 4.69) is 0 Å². The molecule has 0 aliphatic rings. The summed E-state index contributed by atoms with van der Waals surface area (Å²) in [5, 5.41) is 0. The average Bonchev–Trinajstić information content (AvgIpc) is 2.27. The zero-order valence-corrected chi connectivity index (χ0v) is 8.17. The van der Waals surface area contributed by atoms with Gasteiger partial charge in [0.15, 0.2) is 17.5 Å². The molecule has 0 spiro atoms. The monoisotopic (exact) mass is 227 g/mol. The van der Waals surface area contributed by atoms with E-state index in [9.17, 15) is 22.0 Å². The van der Waals surface area contributed by atoms with Crippen LogP contribution < -0.4 is 5.73 Å². The number of nitrogens with two attached hydrogens (primary N) is 1. The van der Waals surface area contributed by atoms with Gasteiger partial charge in [-0.05, 0) is 6.92 Å². The molecule has 0 aliphatic carbocycles. The molecule has 0 saturated carbocycles. The Bertz CT molecular complexity index is 322. The molecule has 86 valence electrons. The third kappa shape index (κ3) is 2.44. The van der Waals surface area contributed by atoms with Gasteiger partial charge in [-0.15, -0.1) is 0 Å². The molecule has 0 fully saturated rings. The Hall–Kier alpha value is -1.17. The predicted molar refractivity (Wildman–Crippen MR) is 45.9 cm³/mol. The summed E-state index contributed by atoms with van der Waals surface area (Å²) in [6.45, 7) is 0.516. The van der Waals surface area contributed by atoms with Crippen molar-refractivity contribution in [2.24, 2.45) is 5.73 Å². The lowest BCUT2D eigenvalue weighted by molar-refractivity contribution is 0.419. The molecule has 1 aromatic carbocycles. The number of hydrogen-bond acceptors (Lipinski definition) is 1. The Kier molecular flexibility index (Phi) is 5.21. The molecule has 1 nitrogen and oxygen atoms in total. The smallest absolute Gasteiger partial charge is 0.195 e. The maximum atomic E-state index is 13.0. The third-order valence-electron chi connectivity index (χ3n) is 1.78. The summed E-state index contributed by atoms with van der Waals surface area (Å²) in [7, 11) is 0.500. The Morgan fingerprint density at radius 3 is 1.73 bits per heavy atom. The molecule has 0 atom stereocenters. The highest BCUT2D eigenvalue weighted by atomic mass is 19.2. The van der Waals surface area contributed by atoms with E-state index >= 15 is 0 Å². The van der Waals surface area contributed by atoms with Crippen LogP contribution in [0, 0.1) is 30.2 Å². The molecule has 0 aromatic heterocycles. The molecule has 0 unspecified atom stereocenters. The average molecular weight is 227 g/mol. The molecule has 0 heterocycles. The zero-order chi connectivity index (χ0) is 12.2. The summed E-state index contributed by atoms with van der Waals surface area (Å²) >= 11 is 0. The Morgan fingerprint density at radius 1 is 0.867 bits per heavy atom. The van der Waals surface area contributed by atoms with Crippen LogP contribution in [-0.4, -0.2) is 7.18 Å². The van der Waals surface area contributed by atoms with E-state index in [0.717, 1.165) is 6.92 Å². The van der Waals surface area contributed by atoms with Gasteiger partial charge in [0.05, 0.1) is 7.18 Å². The molecule has 0 aliphatic heterocycles. The Labute approximate surface area is 83.7 Å². The molecular weight excluding hydrogens is 217 g/mol. The van der Waals surface area contributed by atoms with Gasteiger partial charge in [0.1, 0.15) is 5.82 Å². The lowest BCUT2D eigenvalue weighted by Crippen LogP contribution is -2.10. The summed E-state index contributed by atoms with van der Waals surface area (Å²) in [5.41, 5.74) is 3.79. The van der Waals surface area contributed by atoms with E-state index in [-0.39, 0.29) is 0 Å². The standard InChI is InChI=1S/C8H7F4N.CH3F/c1-3-5(9)4(2-13)7(11)8(12)6(3)10;1-2/h2,13H2,1H3;1H3. The van der Waals surface area contributed by atoms with E-state index in [0.29, 0.717) is 7.18 Å². The van der Waals surface area contributed by atoms with Crippen molar-refractivity contribution in [1.29, 1.82) is 0 Å². The molecule has 2 N–H and O–H groups in total. The highest BCUT2D eigenvalue weighted by Crippen LogP contribution is 2.22. The SMILES string of the molecule is CF.Cc1c(F)c(F)c(F)c(CN)c1F. The Morgan fingerprint density at radius 2 is 1.33 bits per heavy atom. The largest absolute Gasteiger partial charge is 0.326 e. The van der Waals surface area contributed by atoms with Gasteiger partial charge in [0, 0.05) is 17.7 Å². The highest BCUT2D eigenvalue weighted by molar-refractivity contribution is 5.29. The van der Waals surface area contributed by atoms with Crippen LogP contribution in [0.3, 0.4) is 0 Å². The van der Waals surface area contributed by atoms with Gasteiger partial charge in [-0.1, -0.05) is 0 Å². The van der Waals surface area contributed by atoms with E-state index in [1.807, 2.05) is 0 Å². The van der Waals surface area contributed by atoms with Crippen LogP contribution in [-0.2, 0) is 6.54 Å². The fourth-order valence-electron chi connectivity index (χ4n) is 0.992. The topological polar surface area (TPSA) is 26.0 Å². The second kappa shape index (κ2) is 5.65. The van der Waals surface area contributed by atoms with Crippen LogP contribution >= 0.6 is 0 Å². The molecule has 1 aromatic rings. The molecular formula is C9H10F5N. The molecule has 15 heavy (non-hydrogen) atoms. The van der Waals surface area contributed by atoms with Crippen LogP contribution in [0.25, 0.3) is 0 Å². The number of benzene rings is 1. The first-order chi connectivity index (χ1) is 7.00. The van der Waals surface area contributed by atoms with Crippen LogP contribution in [0.5, 0.6) is 0 Å². The van der Waals surface area contributed by atoms with E-state index < -0.39 is 40.9 Å². The van der Waals surface area contributed by atoms with Crippen LogP contribution in [0.15, 0.2) is 0 Å². The second-order valence-electron chi connectivity index (χ2n) is 2.56. The summed E-state index contributed by atoms with van der Waals surface area (Å²) < 4.78 is 60.6. The summed E-state index contributed by atoms with van der Waals surface area (Å²) in [4.78, 5) is 0. The summed E-state index contributed by atoms with van der Waals surface area (Å²) in [6, 6.07) is 0. The molecule has 0 saturated heterocycles. The quantitative estimate of drug-likeness (QED) is 0.445. The van der Waals surface area contributed by atoms with Crippen LogP contribution in [0.2, 0.25) is 0 Å².